The predicted octanol–water partition coefficient (Wildman–Crippen LogP) is 9.37. The Bertz CT molecular complexity index is 257. The Morgan fingerprint density at radius 1 is 0.370 bits per heavy atom. The zero-order valence-electron chi connectivity index (χ0n) is 19.2. The van der Waals surface area contributed by atoms with Crippen LogP contribution < -0.4 is 0 Å². The molecule has 0 amide bonds. The van der Waals surface area contributed by atoms with Crippen molar-refractivity contribution >= 4 is 12.8 Å². The quantitative estimate of drug-likeness (QED) is 0.132. The van der Waals surface area contributed by atoms with Crippen LogP contribution in [0.15, 0.2) is 0 Å². The summed E-state index contributed by atoms with van der Waals surface area (Å²) >= 11 is 4.63. The van der Waals surface area contributed by atoms with Gasteiger partial charge in [-0.05, 0) is 12.8 Å². The van der Waals surface area contributed by atoms with Crippen LogP contribution in [-0.2, 0) is 0 Å². The lowest BCUT2D eigenvalue weighted by Gasteiger charge is -2.14. The van der Waals surface area contributed by atoms with E-state index in [2.05, 4.69) is 31.0 Å². The van der Waals surface area contributed by atoms with Gasteiger partial charge < -0.3 is 0 Å². The van der Waals surface area contributed by atoms with E-state index >= 15 is 0 Å². The number of unbranched alkanes of at least 4 members (excludes halogenated alkanes) is 19. The molecule has 0 saturated carbocycles. The van der Waals surface area contributed by atoms with Gasteiger partial charge in [0.1, 0.15) is 0 Å². The molecule has 0 N–H and O–H groups in total. The standard InChI is InChI=1S/C25H53NS/c1-3-5-7-9-11-12-13-14-15-16-17-18-19-21-23-25-26(27)24-22-20-10-8-6-4-2/h27H,3-25H2,1-2H3. The average Bonchev–Trinajstić information content (AvgIpc) is 2.67. The molecule has 0 aromatic heterocycles. The van der Waals surface area contributed by atoms with Crippen molar-refractivity contribution in [3.05, 3.63) is 0 Å². The van der Waals surface area contributed by atoms with Gasteiger partial charge in [0.2, 0.25) is 0 Å². The summed E-state index contributed by atoms with van der Waals surface area (Å²) in [6.07, 6.45) is 29.9. The summed E-state index contributed by atoms with van der Waals surface area (Å²) in [6, 6.07) is 0. The molecule has 1 nitrogen and oxygen atoms in total. The van der Waals surface area contributed by atoms with Gasteiger partial charge >= 0.3 is 0 Å². The van der Waals surface area contributed by atoms with E-state index in [1.165, 1.54) is 148 Å². The number of rotatable bonds is 23. The second-order valence-corrected chi connectivity index (χ2v) is 9.24. The first kappa shape index (κ1) is 27.3. The molecule has 27 heavy (non-hydrogen) atoms. The minimum Gasteiger partial charge on any atom is -0.253 e. The fourth-order valence-electron chi connectivity index (χ4n) is 3.85. The first-order chi connectivity index (χ1) is 13.3. The van der Waals surface area contributed by atoms with Gasteiger partial charge in [-0.15, -0.1) is 0 Å². The Balaban J connectivity index is 3.09. The Morgan fingerprint density at radius 3 is 0.852 bits per heavy atom. The third-order valence-corrected chi connectivity index (χ3v) is 6.19. The fraction of sp³-hybridized carbons (Fsp3) is 1.00. The summed E-state index contributed by atoms with van der Waals surface area (Å²) in [5, 5.41) is 0. The number of thiol groups is 1. The highest BCUT2D eigenvalue weighted by molar-refractivity contribution is 7.77. The van der Waals surface area contributed by atoms with Crippen LogP contribution in [0.5, 0.6) is 0 Å². The van der Waals surface area contributed by atoms with E-state index in [0.29, 0.717) is 0 Å². The molecule has 0 aromatic rings. The van der Waals surface area contributed by atoms with Gasteiger partial charge in [0.25, 0.3) is 0 Å². The van der Waals surface area contributed by atoms with Crippen LogP contribution in [0.1, 0.15) is 149 Å². The molecule has 0 spiro atoms. The van der Waals surface area contributed by atoms with Gasteiger partial charge in [-0.1, -0.05) is 149 Å². The summed E-state index contributed by atoms with van der Waals surface area (Å²) in [5.41, 5.74) is 0. The predicted molar refractivity (Wildman–Crippen MR) is 129 cm³/mol. The van der Waals surface area contributed by atoms with Crippen molar-refractivity contribution in [3.63, 3.8) is 0 Å². The monoisotopic (exact) mass is 399 g/mol. The second kappa shape index (κ2) is 24.3. The molecular weight excluding hydrogens is 346 g/mol. The van der Waals surface area contributed by atoms with Crippen molar-refractivity contribution in [3.8, 4) is 0 Å². The van der Waals surface area contributed by atoms with E-state index in [9.17, 15) is 0 Å². The smallest absolute Gasteiger partial charge is 0.00869 e. The van der Waals surface area contributed by atoms with Crippen LogP contribution in [0.3, 0.4) is 0 Å². The van der Waals surface area contributed by atoms with Crippen LogP contribution in [0.2, 0.25) is 0 Å². The van der Waals surface area contributed by atoms with E-state index in [1.807, 2.05) is 0 Å². The summed E-state index contributed by atoms with van der Waals surface area (Å²) in [5.74, 6) is 0. The van der Waals surface area contributed by atoms with Crippen LogP contribution in [0, 0.1) is 0 Å². The molecule has 0 aliphatic carbocycles. The number of hydrogen-bond acceptors (Lipinski definition) is 2. The van der Waals surface area contributed by atoms with Crippen molar-refractivity contribution in [2.24, 2.45) is 0 Å². The van der Waals surface area contributed by atoms with E-state index in [4.69, 9.17) is 0 Å². The maximum Gasteiger partial charge on any atom is 0.00869 e. The van der Waals surface area contributed by atoms with E-state index in [-0.39, 0.29) is 0 Å². The minimum atomic E-state index is 1.17. The van der Waals surface area contributed by atoms with Crippen molar-refractivity contribution < 1.29 is 0 Å². The summed E-state index contributed by atoms with van der Waals surface area (Å²) in [7, 11) is 0. The largest absolute Gasteiger partial charge is 0.253 e. The molecule has 0 rings (SSSR count). The maximum absolute atomic E-state index is 4.63. The molecule has 0 radical (unpaired) electrons. The zero-order valence-corrected chi connectivity index (χ0v) is 20.1. The molecule has 0 aliphatic rings. The van der Waals surface area contributed by atoms with Crippen LogP contribution in [-0.4, -0.2) is 17.4 Å². The van der Waals surface area contributed by atoms with E-state index in [0.717, 1.165) is 0 Å². The minimum absolute atomic E-state index is 1.17. The van der Waals surface area contributed by atoms with Crippen LogP contribution in [0.4, 0.5) is 0 Å². The van der Waals surface area contributed by atoms with Gasteiger partial charge in [-0.2, -0.15) is 0 Å². The summed E-state index contributed by atoms with van der Waals surface area (Å²) in [6.45, 7) is 6.93. The number of hydrogen-bond donors (Lipinski definition) is 1. The topological polar surface area (TPSA) is 3.24 Å². The normalized spacial score (nSPS) is 11.6. The molecule has 0 atom stereocenters. The van der Waals surface area contributed by atoms with E-state index < -0.39 is 0 Å². The van der Waals surface area contributed by atoms with Crippen molar-refractivity contribution in [2.75, 3.05) is 13.1 Å². The highest BCUT2D eigenvalue weighted by atomic mass is 32.1. The molecule has 0 saturated heterocycles. The van der Waals surface area contributed by atoms with Gasteiger partial charge in [-0.25, -0.2) is 0 Å². The molecular formula is C25H53NS. The molecule has 0 fully saturated rings. The van der Waals surface area contributed by atoms with Gasteiger partial charge in [0.15, 0.2) is 0 Å². The molecule has 0 unspecified atom stereocenters. The van der Waals surface area contributed by atoms with Crippen molar-refractivity contribution in [2.45, 2.75) is 149 Å². The Kier molecular flexibility index (Phi) is 24.6. The first-order valence-electron chi connectivity index (χ1n) is 12.7. The lowest BCUT2D eigenvalue weighted by molar-refractivity contribution is 0.427. The fourth-order valence-corrected chi connectivity index (χ4v) is 4.13. The lowest BCUT2D eigenvalue weighted by atomic mass is 10.0. The SMILES string of the molecule is CCCCCCCCCCCCCCCCCN(S)CCCCCCCC. The summed E-state index contributed by atoms with van der Waals surface area (Å²) in [4.78, 5) is 0. The first-order valence-corrected chi connectivity index (χ1v) is 13.1. The second-order valence-electron chi connectivity index (χ2n) is 8.67. The van der Waals surface area contributed by atoms with Crippen LogP contribution >= 0.6 is 12.8 Å². The molecule has 0 heterocycles. The molecule has 0 aliphatic heterocycles. The molecule has 0 aromatic carbocycles. The molecule has 2 heteroatoms. The van der Waals surface area contributed by atoms with Gasteiger partial charge in [0, 0.05) is 13.1 Å². The average molecular weight is 400 g/mol. The third-order valence-electron chi connectivity index (χ3n) is 5.79. The lowest BCUT2D eigenvalue weighted by Crippen LogP contribution is -2.15. The number of nitrogens with zero attached hydrogens (tertiary/aromatic N) is 1. The van der Waals surface area contributed by atoms with Gasteiger partial charge in [0.05, 0.1) is 0 Å². The highest BCUT2D eigenvalue weighted by Gasteiger charge is 2.00. The van der Waals surface area contributed by atoms with Crippen LogP contribution in [0.25, 0.3) is 0 Å². The Morgan fingerprint density at radius 2 is 0.593 bits per heavy atom. The van der Waals surface area contributed by atoms with Crippen molar-refractivity contribution in [1.82, 2.24) is 4.31 Å². The molecule has 0 bridgehead atoms. The third kappa shape index (κ3) is 24.3. The zero-order chi connectivity index (χ0) is 19.8. The van der Waals surface area contributed by atoms with E-state index in [1.54, 1.807) is 0 Å². The molecule has 164 valence electrons. The Labute approximate surface area is 179 Å². The maximum atomic E-state index is 4.63. The Hall–Kier alpha value is 0.310. The van der Waals surface area contributed by atoms with Crippen molar-refractivity contribution in [1.29, 1.82) is 0 Å². The van der Waals surface area contributed by atoms with Gasteiger partial charge in [-0.3, -0.25) is 4.31 Å². The highest BCUT2D eigenvalue weighted by Crippen LogP contribution is 2.14. The summed E-state index contributed by atoms with van der Waals surface area (Å²) < 4.78 is 2.25.